The number of aromatic amines is 1. The molecule has 1 aliphatic rings. The molecular formula is C29H22N2. The van der Waals surface area contributed by atoms with Crippen LogP contribution in [-0.4, -0.2) is 9.55 Å². The molecule has 0 spiro atoms. The molecule has 2 nitrogen and oxygen atoms in total. The molecule has 148 valence electrons. The molecule has 7 rings (SSSR count). The summed E-state index contributed by atoms with van der Waals surface area (Å²) in [6.45, 7) is 2.29. The summed E-state index contributed by atoms with van der Waals surface area (Å²) >= 11 is 0. The van der Waals surface area contributed by atoms with Crippen LogP contribution in [-0.2, 0) is 0 Å². The van der Waals surface area contributed by atoms with Gasteiger partial charge in [0, 0.05) is 37.9 Å². The SMILES string of the molecule is CC1C=c2c([nH]c3cc4c(cc23)c2ccccc2n4-c2ccc3ccccc3c2)=CC1. The zero-order valence-corrected chi connectivity index (χ0v) is 17.4. The number of rotatable bonds is 1. The molecular weight excluding hydrogens is 376 g/mol. The van der Waals surface area contributed by atoms with Gasteiger partial charge >= 0.3 is 0 Å². The Hall–Kier alpha value is -3.78. The van der Waals surface area contributed by atoms with Gasteiger partial charge in [0.1, 0.15) is 0 Å². The monoisotopic (exact) mass is 398 g/mol. The predicted octanol–water partition coefficient (Wildman–Crippen LogP) is 6.02. The van der Waals surface area contributed by atoms with Gasteiger partial charge in [0.2, 0.25) is 0 Å². The van der Waals surface area contributed by atoms with Crippen LogP contribution in [0.1, 0.15) is 13.3 Å². The molecule has 0 amide bonds. The van der Waals surface area contributed by atoms with Crippen LogP contribution in [0.15, 0.2) is 78.9 Å². The molecule has 31 heavy (non-hydrogen) atoms. The molecule has 4 aromatic carbocycles. The second kappa shape index (κ2) is 6.12. The number of H-pyrrole nitrogens is 1. The van der Waals surface area contributed by atoms with E-state index in [1.165, 1.54) is 59.7 Å². The first-order valence-corrected chi connectivity index (χ1v) is 11.0. The Labute approximate surface area is 179 Å². The van der Waals surface area contributed by atoms with E-state index < -0.39 is 0 Å². The minimum atomic E-state index is 0.584. The zero-order valence-electron chi connectivity index (χ0n) is 17.4. The molecule has 2 heterocycles. The third kappa shape index (κ3) is 2.39. The second-order valence-electron chi connectivity index (χ2n) is 8.84. The van der Waals surface area contributed by atoms with Gasteiger partial charge in [0.05, 0.1) is 11.0 Å². The largest absolute Gasteiger partial charge is 0.355 e. The minimum Gasteiger partial charge on any atom is -0.355 e. The number of para-hydroxylation sites is 1. The van der Waals surface area contributed by atoms with Crippen molar-refractivity contribution < 1.29 is 0 Å². The number of hydrogen-bond acceptors (Lipinski definition) is 0. The molecule has 1 unspecified atom stereocenters. The van der Waals surface area contributed by atoms with Crippen molar-refractivity contribution in [3.05, 3.63) is 89.4 Å². The van der Waals surface area contributed by atoms with Crippen molar-refractivity contribution in [1.82, 2.24) is 9.55 Å². The van der Waals surface area contributed by atoms with Crippen LogP contribution in [0.2, 0.25) is 0 Å². The Morgan fingerprint density at radius 3 is 2.55 bits per heavy atom. The summed E-state index contributed by atoms with van der Waals surface area (Å²) in [7, 11) is 0. The maximum absolute atomic E-state index is 3.68. The van der Waals surface area contributed by atoms with E-state index in [4.69, 9.17) is 0 Å². The van der Waals surface area contributed by atoms with E-state index >= 15 is 0 Å². The van der Waals surface area contributed by atoms with Crippen LogP contribution < -0.4 is 10.6 Å². The first-order valence-electron chi connectivity index (χ1n) is 11.0. The van der Waals surface area contributed by atoms with Gasteiger partial charge in [-0.2, -0.15) is 0 Å². The highest BCUT2D eigenvalue weighted by molar-refractivity contribution is 6.13. The molecule has 1 atom stereocenters. The van der Waals surface area contributed by atoms with Crippen LogP contribution in [0, 0.1) is 5.92 Å². The average Bonchev–Trinajstić information content (AvgIpc) is 3.32. The summed E-state index contributed by atoms with van der Waals surface area (Å²) in [5.74, 6) is 0.584. The van der Waals surface area contributed by atoms with Gasteiger partial charge in [-0.15, -0.1) is 0 Å². The maximum atomic E-state index is 3.68. The molecule has 0 radical (unpaired) electrons. The van der Waals surface area contributed by atoms with Crippen molar-refractivity contribution in [3.63, 3.8) is 0 Å². The molecule has 0 fully saturated rings. The van der Waals surface area contributed by atoms with Crippen molar-refractivity contribution in [3.8, 4) is 5.69 Å². The topological polar surface area (TPSA) is 20.7 Å². The molecule has 1 N–H and O–H groups in total. The molecule has 1 aliphatic carbocycles. The van der Waals surface area contributed by atoms with Crippen molar-refractivity contribution in [1.29, 1.82) is 0 Å². The van der Waals surface area contributed by atoms with Gasteiger partial charge in [-0.1, -0.05) is 67.6 Å². The van der Waals surface area contributed by atoms with Crippen LogP contribution >= 0.6 is 0 Å². The average molecular weight is 399 g/mol. The second-order valence-corrected chi connectivity index (χ2v) is 8.84. The zero-order chi connectivity index (χ0) is 20.5. The predicted molar refractivity (Wildman–Crippen MR) is 132 cm³/mol. The lowest BCUT2D eigenvalue weighted by atomic mass is 10.0. The van der Waals surface area contributed by atoms with Crippen LogP contribution in [0.3, 0.4) is 0 Å². The molecule has 0 saturated heterocycles. The Morgan fingerprint density at radius 2 is 1.61 bits per heavy atom. The number of aromatic nitrogens is 2. The van der Waals surface area contributed by atoms with E-state index in [2.05, 4.69) is 107 Å². The molecule has 0 saturated carbocycles. The van der Waals surface area contributed by atoms with Crippen LogP contribution in [0.5, 0.6) is 0 Å². The third-order valence-electron chi connectivity index (χ3n) is 6.80. The summed E-state index contributed by atoms with van der Waals surface area (Å²) < 4.78 is 2.41. The first kappa shape index (κ1) is 17.0. The molecule has 0 aliphatic heterocycles. The highest BCUT2D eigenvalue weighted by Crippen LogP contribution is 2.34. The van der Waals surface area contributed by atoms with Gasteiger partial charge < -0.3 is 9.55 Å². The maximum Gasteiger partial charge on any atom is 0.0562 e. The number of fused-ring (bicyclic) bond motifs is 7. The van der Waals surface area contributed by atoms with E-state index in [0.29, 0.717) is 5.92 Å². The fourth-order valence-electron chi connectivity index (χ4n) is 5.29. The highest BCUT2D eigenvalue weighted by atomic mass is 15.0. The van der Waals surface area contributed by atoms with Crippen molar-refractivity contribution in [2.45, 2.75) is 13.3 Å². The standard InChI is InChI=1S/C29H22N2/c1-18-10-13-26-23(14-18)24-16-25-22-8-4-5-9-28(22)31(29(25)17-27(24)30-26)21-12-11-19-6-2-3-7-20(19)15-21/h2-9,11-18,30H,10H2,1H3. The number of nitrogens with one attached hydrogen (secondary N) is 1. The molecule has 0 bridgehead atoms. The quantitative estimate of drug-likeness (QED) is 0.350. The molecule has 2 aromatic heterocycles. The number of nitrogens with zero attached hydrogens (tertiary/aromatic N) is 1. The summed E-state index contributed by atoms with van der Waals surface area (Å²) in [6, 6.07) is 28.8. The number of hydrogen-bond donors (Lipinski definition) is 1. The van der Waals surface area contributed by atoms with Gasteiger partial charge in [0.15, 0.2) is 0 Å². The Balaban J connectivity index is 1.63. The lowest BCUT2D eigenvalue weighted by Crippen LogP contribution is -2.26. The summed E-state index contributed by atoms with van der Waals surface area (Å²) in [5.41, 5.74) is 4.91. The van der Waals surface area contributed by atoms with E-state index in [1.54, 1.807) is 0 Å². The van der Waals surface area contributed by atoms with Gasteiger partial charge in [0.25, 0.3) is 0 Å². The molecule has 6 aromatic rings. The lowest BCUT2D eigenvalue weighted by Gasteiger charge is -2.09. The van der Waals surface area contributed by atoms with E-state index in [9.17, 15) is 0 Å². The van der Waals surface area contributed by atoms with E-state index in [1.807, 2.05) is 0 Å². The van der Waals surface area contributed by atoms with Gasteiger partial charge in [-0.25, -0.2) is 0 Å². The Morgan fingerprint density at radius 1 is 0.774 bits per heavy atom. The summed E-state index contributed by atoms with van der Waals surface area (Å²) in [4.78, 5) is 3.68. The first-order chi connectivity index (χ1) is 15.3. The summed E-state index contributed by atoms with van der Waals surface area (Å²) in [5, 5.41) is 9.10. The van der Waals surface area contributed by atoms with Crippen LogP contribution in [0.4, 0.5) is 0 Å². The normalized spacial score (nSPS) is 16.0. The van der Waals surface area contributed by atoms with E-state index in [-0.39, 0.29) is 0 Å². The van der Waals surface area contributed by atoms with Gasteiger partial charge in [-0.05, 0) is 53.4 Å². The number of benzene rings is 4. The van der Waals surface area contributed by atoms with Crippen molar-refractivity contribution in [2.75, 3.05) is 0 Å². The fraction of sp³-hybridized carbons (Fsp3) is 0.103. The summed E-state index contributed by atoms with van der Waals surface area (Å²) in [6.07, 6.45) is 5.87. The lowest BCUT2D eigenvalue weighted by molar-refractivity contribution is 0.799. The Kier molecular flexibility index (Phi) is 3.35. The fourth-order valence-corrected chi connectivity index (χ4v) is 5.29. The van der Waals surface area contributed by atoms with E-state index in [0.717, 1.165) is 6.42 Å². The smallest absolute Gasteiger partial charge is 0.0562 e. The van der Waals surface area contributed by atoms with Gasteiger partial charge in [-0.3, -0.25) is 0 Å². The Bertz CT molecular complexity index is 1780. The highest BCUT2D eigenvalue weighted by Gasteiger charge is 2.15. The van der Waals surface area contributed by atoms with Crippen molar-refractivity contribution in [2.24, 2.45) is 5.92 Å². The minimum absolute atomic E-state index is 0.584. The van der Waals surface area contributed by atoms with Crippen LogP contribution in [0.25, 0.3) is 61.3 Å². The molecule has 2 heteroatoms. The third-order valence-corrected chi connectivity index (χ3v) is 6.80. The van der Waals surface area contributed by atoms with Crippen molar-refractivity contribution >= 4 is 55.6 Å².